The van der Waals surface area contributed by atoms with Gasteiger partial charge in [0.2, 0.25) is 5.91 Å². The third kappa shape index (κ3) is 6.48. The van der Waals surface area contributed by atoms with E-state index in [4.69, 9.17) is 4.74 Å². The van der Waals surface area contributed by atoms with Gasteiger partial charge in [-0.2, -0.15) is 0 Å². The Labute approximate surface area is 139 Å². The van der Waals surface area contributed by atoms with E-state index in [0.29, 0.717) is 18.8 Å². The molecule has 6 heteroatoms. The normalized spacial score (nSPS) is 10.0. The average Bonchev–Trinajstić information content (AvgIpc) is 2.60. The summed E-state index contributed by atoms with van der Waals surface area (Å²) in [6.07, 6.45) is 0.172. The first kappa shape index (κ1) is 17.5. The standard InChI is InChI=1S/C18H19FN2O3/c19-15-8-6-14(7-9-15)12-17(22)20-10-11-21-18(23)13-24-16-4-2-1-3-5-16/h1-9H,10-13H2,(H,20,22)(H,21,23). The average molecular weight is 330 g/mol. The van der Waals surface area contributed by atoms with Gasteiger partial charge in [-0.25, -0.2) is 4.39 Å². The monoisotopic (exact) mass is 330 g/mol. The first-order valence-electron chi connectivity index (χ1n) is 7.59. The lowest BCUT2D eigenvalue weighted by Gasteiger charge is -2.08. The van der Waals surface area contributed by atoms with Crippen LogP contribution in [0.4, 0.5) is 4.39 Å². The maximum Gasteiger partial charge on any atom is 0.258 e. The molecule has 2 rings (SSSR count). The number of nitrogens with one attached hydrogen (secondary N) is 2. The summed E-state index contributed by atoms with van der Waals surface area (Å²) in [7, 11) is 0. The van der Waals surface area contributed by atoms with Crippen molar-refractivity contribution in [2.75, 3.05) is 19.7 Å². The van der Waals surface area contributed by atoms with E-state index in [1.54, 1.807) is 24.3 Å². The SMILES string of the molecule is O=C(COc1ccccc1)NCCNC(=O)Cc1ccc(F)cc1. The number of halogens is 1. The fraction of sp³-hybridized carbons (Fsp3) is 0.222. The Morgan fingerprint density at radius 3 is 2.17 bits per heavy atom. The second kappa shape index (κ2) is 9.29. The minimum absolute atomic E-state index is 0.0759. The molecule has 0 aliphatic rings. The molecule has 0 bridgehead atoms. The predicted molar refractivity (Wildman–Crippen MR) is 88.1 cm³/mol. The molecule has 126 valence electrons. The summed E-state index contributed by atoms with van der Waals surface area (Å²) in [5.74, 6) is -0.150. The first-order valence-corrected chi connectivity index (χ1v) is 7.59. The van der Waals surface area contributed by atoms with E-state index in [0.717, 1.165) is 5.56 Å². The van der Waals surface area contributed by atoms with E-state index in [9.17, 15) is 14.0 Å². The molecule has 0 unspecified atom stereocenters. The van der Waals surface area contributed by atoms with Gasteiger partial charge in [0, 0.05) is 13.1 Å². The number of rotatable bonds is 8. The molecule has 2 amide bonds. The van der Waals surface area contributed by atoms with Crippen molar-refractivity contribution in [2.45, 2.75) is 6.42 Å². The highest BCUT2D eigenvalue weighted by molar-refractivity contribution is 5.79. The minimum atomic E-state index is -0.334. The van der Waals surface area contributed by atoms with Gasteiger partial charge in [0.05, 0.1) is 6.42 Å². The summed E-state index contributed by atoms with van der Waals surface area (Å²) in [4.78, 5) is 23.3. The van der Waals surface area contributed by atoms with E-state index < -0.39 is 0 Å². The molecule has 24 heavy (non-hydrogen) atoms. The fourth-order valence-electron chi connectivity index (χ4n) is 1.97. The molecule has 0 aliphatic heterocycles. The molecule has 0 saturated carbocycles. The zero-order valence-electron chi connectivity index (χ0n) is 13.1. The van der Waals surface area contributed by atoms with Crippen molar-refractivity contribution < 1.29 is 18.7 Å². The zero-order valence-corrected chi connectivity index (χ0v) is 13.1. The summed E-state index contributed by atoms with van der Waals surface area (Å²) in [6, 6.07) is 14.8. The highest BCUT2D eigenvalue weighted by Gasteiger charge is 2.05. The van der Waals surface area contributed by atoms with Crippen LogP contribution in [0, 0.1) is 5.82 Å². The van der Waals surface area contributed by atoms with E-state index in [1.807, 2.05) is 18.2 Å². The van der Waals surface area contributed by atoms with Crippen LogP contribution in [-0.2, 0) is 16.0 Å². The molecule has 0 saturated heterocycles. The molecule has 0 aliphatic carbocycles. The van der Waals surface area contributed by atoms with Crippen LogP contribution < -0.4 is 15.4 Å². The number of hydrogen-bond acceptors (Lipinski definition) is 3. The van der Waals surface area contributed by atoms with Crippen LogP contribution in [0.2, 0.25) is 0 Å². The van der Waals surface area contributed by atoms with E-state index >= 15 is 0 Å². The van der Waals surface area contributed by atoms with E-state index in [-0.39, 0.29) is 30.7 Å². The minimum Gasteiger partial charge on any atom is -0.484 e. The number of amides is 2. The van der Waals surface area contributed by atoms with Gasteiger partial charge in [-0.05, 0) is 29.8 Å². The Balaban J connectivity index is 1.57. The Hall–Kier alpha value is -2.89. The summed E-state index contributed by atoms with van der Waals surface area (Å²) < 4.78 is 18.1. The number of carbonyl (C=O) groups excluding carboxylic acids is 2. The summed E-state index contributed by atoms with van der Waals surface area (Å²) in [6.45, 7) is 0.552. The predicted octanol–water partition coefficient (Wildman–Crippen LogP) is 1.68. The molecular weight excluding hydrogens is 311 g/mol. The maximum atomic E-state index is 12.8. The van der Waals surface area contributed by atoms with Crippen molar-refractivity contribution in [3.63, 3.8) is 0 Å². The van der Waals surface area contributed by atoms with E-state index in [1.165, 1.54) is 12.1 Å². The molecule has 2 aromatic carbocycles. The molecule has 0 spiro atoms. The summed E-state index contributed by atoms with van der Waals surface area (Å²) in [5, 5.41) is 5.34. The van der Waals surface area contributed by atoms with Gasteiger partial charge in [-0.15, -0.1) is 0 Å². The Morgan fingerprint density at radius 1 is 0.875 bits per heavy atom. The topological polar surface area (TPSA) is 67.4 Å². The largest absolute Gasteiger partial charge is 0.484 e. The maximum absolute atomic E-state index is 12.8. The van der Waals surface area contributed by atoms with Crippen molar-refractivity contribution in [1.82, 2.24) is 10.6 Å². The molecule has 0 fully saturated rings. The number of para-hydroxylation sites is 1. The van der Waals surface area contributed by atoms with Gasteiger partial charge in [-0.3, -0.25) is 9.59 Å². The van der Waals surface area contributed by atoms with Gasteiger partial charge in [0.25, 0.3) is 5.91 Å². The summed E-state index contributed by atoms with van der Waals surface area (Å²) in [5.41, 5.74) is 0.731. The Kier molecular flexibility index (Phi) is 6.76. The van der Waals surface area contributed by atoms with Crippen LogP contribution >= 0.6 is 0 Å². The van der Waals surface area contributed by atoms with Crippen LogP contribution in [-0.4, -0.2) is 31.5 Å². The summed E-state index contributed by atoms with van der Waals surface area (Å²) >= 11 is 0. The third-order valence-electron chi connectivity index (χ3n) is 3.16. The fourth-order valence-corrected chi connectivity index (χ4v) is 1.97. The third-order valence-corrected chi connectivity index (χ3v) is 3.16. The molecule has 0 aromatic heterocycles. The number of ether oxygens (including phenoxy) is 1. The van der Waals surface area contributed by atoms with Crippen LogP contribution in [0.5, 0.6) is 5.75 Å². The first-order chi connectivity index (χ1) is 11.6. The highest BCUT2D eigenvalue weighted by atomic mass is 19.1. The molecule has 0 atom stereocenters. The molecule has 0 heterocycles. The van der Waals surface area contributed by atoms with Gasteiger partial charge in [0.15, 0.2) is 6.61 Å². The van der Waals surface area contributed by atoms with Gasteiger partial charge in [-0.1, -0.05) is 30.3 Å². The van der Waals surface area contributed by atoms with Crippen molar-refractivity contribution in [2.24, 2.45) is 0 Å². The molecule has 5 nitrogen and oxygen atoms in total. The number of carbonyl (C=O) groups is 2. The van der Waals surface area contributed by atoms with Crippen molar-refractivity contribution in [3.05, 3.63) is 66.0 Å². The lowest BCUT2D eigenvalue weighted by atomic mass is 10.1. The molecule has 0 radical (unpaired) electrons. The lowest BCUT2D eigenvalue weighted by molar-refractivity contribution is -0.124. The molecular formula is C18H19FN2O3. The van der Waals surface area contributed by atoms with Crippen LogP contribution in [0.25, 0.3) is 0 Å². The molecule has 2 N–H and O–H groups in total. The quantitative estimate of drug-likeness (QED) is 0.724. The number of benzene rings is 2. The highest BCUT2D eigenvalue weighted by Crippen LogP contribution is 2.07. The smallest absolute Gasteiger partial charge is 0.258 e. The van der Waals surface area contributed by atoms with Crippen LogP contribution in [0.1, 0.15) is 5.56 Å². The Bertz CT molecular complexity index is 660. The van der Waals surface area contributed by atoms with Gasteiger partial charge in [0.1, 0.15) is 11.6 Å². The second-order valence-corrected chi connectivity index (χ2v) is 5.10. The van der Waals surface area contributed by atoms with Gasteiger partial charge >= 0.3 is 0 Å². The number of hydrogen-bond donors (Lipinski definition) is 2. The second-order valence-electron chi connectivity index (χ2n) is 5.10. The zero-order chi connectivity index (χ0) is 17.2. The van der Waals surface area contributed by atoms with Crippen LogP contribution in [0.15, 0.2) is 54.6 Å². The van der Waals surface area contributed by atoms with Crippen molar-refractivity contribution >= 4 is 11.8 Å². The van der Waals surface area contributed by atoms with Crippen molar-refractivity contribution in [3.8, 4) is 5.75 Å². The molecule has 2 aromatic rings. The lowest BCUT2D eigenvalue weighted by Crippen LogP contribution is -2.37. The van der Waals surface area contributed by atoms with Crippen molar-refractivity contribution in [1.29, 1.82) is 0 Å². The van der Waals surface area contributed by atoms with Crippen LogP contribution in [0.3, 0.4) is 0 Å². The van der Waals surface area contributed by atoms with E-state index in [2.05, 4.69) is 10.6 Å². The Morgan fingerprint density at radius 2 is 1.50 bits per heavy atom. The van der Waals surface area contributed by atoms with Gasteiger partial charge < -0.3 is 15.4 Å².